The third-order valence-electron chi connectivity index (χ3n) is 5.90. The maximum atomic E-state index is 13.2. The van der Waals surface area contributed by atoms with Gasteiger partial charge in [0.05, 0.1) is 14.8 Å². The fourth-order valence-corrected chi connectivity index (χ4v) is 7.03. The van der Waals surface area contributed by atoms with Crippen LogP contribution in [0.1, 0.15) is 9.67 Å². The third-order valence-corrected chi connectivity index (χ3v) is 9.44. The Balaban J connectivity index is 1.34. The number of nitro benzene ring substituents is 1. The Hall–Kier alpha value is -3.05. The van der Waals surface area contributed by atoms with Gasteiger partial charge in [-0.05, 0) is 29.0 Å². The number of amides is 1. The lowest BCUT2D eigenvalue weighted by Crippen LogP contribution is -2.50. The number of nitro groups is 1. The number of hydrogen-bond acceptors (Lipinski definition) is 6. The van der Waals surface area contributed by atoms with Crippen LogP contribution in [0.15, 0.2) is 65.6 Å². The molecule has 3 aromatic carbocycles. The standard InChI is InChI=1S/C23H18ClN3O5S2/c24-21-19-8-6-17(27(29)30)14-20(19)33-22(21)23(28)25-9-11-26(12-10-25)34(31,32)18-7-5-15-3-1-2-4-16(15)13-18/h1-8,13-14H,9-12H2. The first kappa shape index (κ1) is 22.7. The molecule has 34 heavy (non-hydrogen) atoms. The van der Waals surface area contributed by atoms with Crippen molar-refractivity contribution in [2.75, 3.05) is 26.2 Å². The lowest BCUT2D eigenvalue weighted by atomic mass is 10.1. The quantitative estimate of drug-likeness (QED) is 0.288. The highest BCUT2D eigenvalue weighted by Gasteiger charge is 2.32. The van der Waals surface area contributed by atoms with Crippen LogP contribution in [0.25, 0.3) is 20.9 Å². The summed E-state index contributed by atoms with van der Waals surface area (Å²) in [7, 11) is -3.70. The van der Waals surface area contributed by atoms with Crippen molar-refractivity contribution in [3.8, 4) is 0 Å². The molecule has 0 bridgehead atoms. The summed E-state index contributed by atoms with van der Waals surface area (Å²) in [4.78, 5) is 25.8. The van der Waals surface area contributed by atoms with Gasteiger partial charge in [0, 0.05) is 48.4 Å². The Kier molecular flexibility index (Phi) is 5.76. The normalized spacial score (nSPS) is 15.1. The van der Waals surface area contributed by atoms with Gasteiger partial charge in [-0.3, -0.25) is 14.9 Å². The molecule has 0 atom stereocenters. The van der Waals surface area contributed by atoms with Gasteiger partial charge in [-0.1, -0.05) is 41.9 Å². The molecule has 5 rings (SSSR count). The summed E-state index contributed by atoms with van der Waals surface area (Å²) in [5.41, 5.74) is -0.0723. The zero-order valence-electron chi connectivity index (χ0n) is 17.7. The molecule has 11 heteroatoms. The van der Waals surface area contributed by atoms with Crippen LogP contribution in [0.4, 0.5) is 5.69 Å². The lowest BCUT2D eigenvalue weighted by molar-refractivity contribution is -0.384. The minimum Gasteiger partial charge on any atom is -0.335 e. The molecule has 1 aliphatic rings. The van der Waals surface area contributed by atoms with Crippen LogP contribution in [0, 0.1) is 10.1 Å². The summed E-state index contributed by atoms with van der Waals surface area (Å²) in [5.74, 6) is -0.309. The molecule has 1 aliphatic heterocycles. The monoisotopic (exact) mass is 515 g/mol. The molecule has 1 fully saturated rings. The summed E-state index contributed by atoms with van der Waals surface area (Å²) in [6, 6.07) is 16.9. The number of benzene rings is 3. The van der Waals surface area contributed by atoms with E-state index in [9.17, 15) is 23.3 Å². The Bertz CT molecular complexity index is 1560. The van der Waals surface area contributed by atoms with E-state index >= 15 is 0 Å². The van der Waals surface area contributed by atoms with Crippen LogP contribution >= 0.6 is 22.9 Å². The van der Waals surface area contributed by atoms with E-state index in [1.807, 2.05) is 24.3 Å². The number of halogens is 1. The number of non-ortho nitro benzene ring substituents is 1. The molecular weight excluding hydrogens is 498 g/mol. The van der Waals surface area contributed by atoms with E-state index in [1.54, 1.807) is 23.1 Å². The fraction of sp³-hybridized carbons (Fsp3) is 0.174. The second-order valence-electron chi connectivity index (χ2n) is 7.89. The second kappa shape index (κ2) is 8.62. The lowest BCUT2D eigenvalue weighted by Gasteiger charge is -2.33. The Morgan fingerprint density at radius 1 is 0.971 bits per heavy atom. The van der Waals surface area contributed by atoms with Crippen molar-refractivity contribution in [3.63, 3.8) is 0 Å². The van der Waals surface area contributed by atoms with Crippen molar-refractivity contribution in [1.82, 2.24) is 9.21 Å². The fourth-order valence-electron chi connectivity index (χ4n) is 4.06. The Morgan fingerprint density at radius 3 is 2.38 bits per heavy atom. The van der Waals surface area contributed by atoms with Crippen molar-refractivity contribution in [2.45, 2.75) is 4.90 Å². The molecular formula is C23H18ClN3O5S2. The summed E-state index contributed by atoms with van der Waals surface area (Å²) >= 11 is 7.52. The van der Waals surface area contributed by atoms with Gasteiger partial charge < -0.3 is 4.90 Å². The maximum Gasteiger partial charge on any atom is 0.270 e. The number of carbonyl (C=O) groups is 1. The van der Waals surface area contributed by atoms with E-state index in [0.29, 0.717) is 15.0 Å². The molecule has 0 aliphatic carbocycles. The minimum absolute atomic E-state index is 0.0723. The number of nitrogens with zero attached hydrogens (tertiary/aromatic N) is 3. The zero-order valence-corrected chi connectivity index (χ0v) is 20.1. The third kappa shape index (κ3) is 3.92. The molecule has 2 heterocycles. The highest BCUT2D eigenvalue weighted by atomic mass is 35.5. The van der Waals surface area contributed by atoms with Gasteiger partial charge >= 0.3 is 0 Å². The molecule has 1 saturated heterocycles. The highest BCUT2D eigenvalue weighted by molar-refractivity contribution is 7.89. The summed E-state index contributed by atoms with van der Waals surface area (Å²) in [6.07, 6.45) is 0. The van der Waals surface area contributed by atoms with Crippen LogP contribution in [0.2, 0.25) is 5.02 Å². The van der Waals surface area contributed by atoms with Gasteiger partial charge in [-0.25, -0.2) is 8.42 Å². The van der Waals surface area contributed by atoms with Gasteiger partial charge in [0.1, 0.15) is 4.88 Å². The number of rotatable bonds is 4. The zero-order chi connectivity index (χ0) is 24.0. The number of piperazine rings is 1. The summed E-state index contributed by atoms with van der Waals surface area (Å²) in [5, 5.41) is 13.7. The molecule has 4 aromatic rings. The minimum atomic E-state index is -3.70. The molecule has 0 N–H and O–H groups in total. The van der Waals surface area contributed by atoms with E-state index in [4.69, 9.17) is 11.6 Å². The van der Waals surface area contributed by atoms with Crippen LogP contribution < -0.4 is 0 Å². The smallest absolute Gasteiger partial charge is 0.270 e. The predicted octanol–water partition coefficient (Wildman–Crippen LogP) is 4.76. The largest absolute Gasteiger partial charge is 0.335 e. The molecule has 1 aromatic heterocycles. The molecule has 1 amide bonds. The molecule has 0 radical (unpaired) electrons. The average molecular weight is 516 g/mol. The van der Waals surface area contributed by atoms with E-state index in [1.165, 1.54) is 22.5 Å². The molecule has 0 unspecified atom stereocenters. The van der Waals surface area contributed by atoms with Crippen molar-refractivity contribution in [2.24, 2.45) is 0 Å². The van der Waals surface area contributed by atoms with E-state index in [0.717, 1.165) is 22.1 Å². The summed E-state index contributed by atoms with van der Waals surface area (Å²) in [6.45, 7) is 0.760. The topological polar surface area (TPSA) is 101 Å². The van der Waals surface area contributed by atoms with Gasteiger partial charge in [-0.15, -0.1) is 11.3 Å². The summed E-state index contributed by atoms with van der Waals surface area (Å²) < 4.78 is 28.3. The van der Waals surface area contributed by atoms with Gasteiger partial charge in [0.2, 0.25) is 10.0 Å². The van der Waals surface area contributed by atoms with Crippen LogP contribution in [-0.4, -0.2) is 54.6 Å². The molecule has 0 saturated carbocycles. The maximum absolute atomic E-state index is 13.2. The number of hydrogen-bond donors (Lipinski definition) is 0. The van der Waals surface area contributed by atoms with Crippen LogP contribution in [0.5, 0.6) is 0 Å². The number of carbonyl (C=O) groups excluding carboxylic acids is 1. The van der Waals surface area contributed by atoms with Gasteiger partial charge in [0.15, 0.2) is 0 Å². The second-order valence-corrected chi connectivity index (χ2v) is 11.3. The molecule has 8 nitrogen and oxygen atoms in total. The van der Waals surface area contributed by atoms with Gasteiger partial charge in [0.25, 0.3) is 11.6 Å². The first-order valence-corrected chi connectivity index (χ1v) is 13.0. The van der Waals surface area contributed by atoms with Crippen molar-refractivity contribution < 1.29 is 18.1 Å². The first-order valence-electron chi connectivity index (χ1n) is 10.4. The van der Waals surface area contributed by atoms with Gasteiger partial charge in [-0.2, -0.15) is 4.31 Å². The van der Waals surface area contributed by atoms with Crippen molar-refractivity contribution in [1.29, 1.82) is 0 Å². The van der Waals surface area contributed by atoms with Crippen molar-refractivity contribution >= 4 is 65.4 Å². The van der Waals surface area contributed by atoms with E-state index in [-0.39, 0.29) is 47.7 Å². The van der Waals surface area contributed by atoms with E-state index in [2.05, 4.69) is 0 Å². The molecule has 0 spiro atoms. The van der Waals surface area contributed by atoms with Crippen LogP contribution in [-0.2, 0) is 10.0 Å². The van der Waals surface area contributed by atoms with E-state index < -0.39 is 14.9 Å². The average Bonchev–Trinajstić information content (AvgIpc) is 3.19. The van der Waals surface area contributed by atoms with Crippen molar-refractivity contribution in [3.05, 3.63) is 80.7 Å². The first-order chi connectivity index (χ1) is 16.3. The molecule has 174 valence electrons. The SMILES string of the molecule is O=C(c1sc2cc([N+](=O)[O-])ccc2c1Cl)N1CCN(S(=O)(=O)c2ccc3ccccc3c2)CC1. The Labute approximate surface area is 204 Å². The van der Waals surface area contributed by atoms with Crippen LogP contribution in [0.3, 0.4) is 0 Å². The number of thiophene rings is 1. The predicted molar refractivity (Wildman–Crippen MR) is 132 cm³/mol. The highest BCUT2D eigenvalue weighted by Crippen LogP contribution is 2.38. The number of fused-ring (bicyclic) bond motifs is 2. The number of sulfonamides is 1. The Morgan fingerprint density at radius 2 is 1.68 bits per heavy atom.